The first kappa shape index (κ1) is 17.9. The molecule has 1 aromatic carbocycles. The molecule has 21 heavy (non-hydrogen) atoms. The fourth-order valence-corrected chi connectivity index (χ4v) is 2.05. The molecule has 0 aromatic heterocycles. The van der Waals surface area contributed by atoms with E-state index < -0.39 is 27.9 Å². The van der Waals surface area contributed by atoms with Crippen molar-refractivity contribution >= 4 is 10.0 Å². The normalized spacial score (nSPS) is 14.1. The summed E-state index contributed by atoms with van der Waals surface area (Å²) in [5, 5.41) is 12.6. The molecule has 1 atom stereocenters. The van der Waals surface area contributed by atoms with Crippen molar-refractivity contribution in [2.75, 3.05) is 25.9 Å². The zero-order valence-electron chi connectivity index (χ0n) is 11.3. The van der Waals surface area contributed by atoms with Gasteiger partial charge >= 0.3 is 6.18 Å². The van der Waals surface area contributed by atoms with Crippen LogP contribution in [0.25, 0.3) is 0 Å². The topological polar surface area (TPSA) is 78.4 Å². The molecule has 120 valence electrons. The van der Waals surface area contributed by atoms with E-state index >= 15 is 0 Å². The highest BCUT2D eigenvalue weighted by Crippen LogP contribution is 2.29. The molecule has 0 saturated heterocycles. The molecule has 0 radical (unpaired) electrons. The van der Waals surface area contributed by atoms with Crippen LogP contribution in [-0.4, -0.2) is 39.4 Å². The molecule has 0 aliphatic carbocycles. The maximum Gasteiger partial charge on any atom is 0.416 e. The van der Waals surface area contributed by atoms with Crippen LogP contribution >= 0.6 is 0 Å². The Labute approximate surface area is 121 Å². The lowest BCUT2D eigenvalue weighted by Crippen LogP contribution is -2.32. The zero-order valence-corrected chi connectivity index (χ0v) is 12.1. The van der Waals surface area contributed by atoms with Crippen LogP contribution in [0.4, 0.5) is 13.2 Å². The van der Waals surface area contributed by atoms with Crippen LogP contribution in [0.5, 0.6) is 0 Å². The van der Waals surface area contributed by atoms with E-state index in [1.165, 1.54) is 12.1 Å². The van der Waals surface area contributed by atoms with Crippen LogP contribution in [0.2, 0.25) is 0 Å². The Kier molecular flexibility index (Phi) is 6.14. The predicted octanol–water partition coefficient (Wildman–Crippen LogP) is 0.878. The molecule has 0 saturated carbocycles. The van der Waals surface area contributed by atoms with Crippen molar-refractivity contribution < 1.29 is 26.7 Å². The first-order valence-corrected chi connectivity index (χ1v) is 7.99. The van der Waals surface area contributed by atoms with Gasteiger partial charge in [-0.3, -0.25) is 0 Å². The molecule has 0 heterocycles. The van der Waals surface area contributed by atoms with Crippen molar-refractivity contribution in [1.82, 2.24) is 10.0 Å². The Balaban J connectivity index is 2.40. The molecule has 3 N–H and O–H groups in total. The van der Waals surface area contributed by atoms with Gasteiger partial charge in [0.25, 0.3) is 0 Å². The highest BCUT2D eigenvalue weighted by molar-refractivity contribution is 7.88. The summed E-state index contributed by atoms with van der Waals surface area (Å²) in [5.74, 6) is 0. The van der Waals surface area contributed by atoms with E-state index in [0.717, 1.165) is 18.4 Å². The lowest BCUT2D eigenvalue weighted by Gasteiger charge is -2.13. The van der Waals surface area contributed by atoms with Gasteiger partial charge in [-0.2, -0.15) is 13.2 Å². The predicted molar refractivity (Wildman–Crippen MR) is 72.1 cm³/mol. The van der Waals surface area contributed by atoms with E-state index in [1.54, 1.807) is 0 Å². The smallest absolute Gasteiger partial charge is 0.387 e. The second-order valence-corrected chi connectivity index (χ2v) is 6.34. The number of alkyl halides is 3. The molecule has 1 aromatic rings. The molecular formula is C12H17F3N2O3S. The number of sulfonamides is 1. The SMILES string of the molecule is CS(=O)(=O)NCCNCC(O)c1ccc(C(F)(F)F)cc1. The van der Waals surface area contributed by atoms with Crippen molar-refractivity contribution in [1.29, 1.82) is 0 Å². The molecule has 0 aliphatic heterocycles. The van der Waals surface area contributed by atoms with E-state index in [2.05, 4.69) is 10.0 Å². The molecule has 0 spiro atoms. The average molecular weight is 326 g/mol. The Hall–Kier alpha value is -1.16. The minimum Gasteiger partial charge on any atom is -0.387 e. The van der Waals surface area contributed by atoms with E-state index in [0.29, 0.717) is 12.1 Å². The maximum absolute atomic E-state index is 12.4. The number of aliphatic hydroxyl groups is 1. The number of nitrogens with one attached hydrogen (secondary N) is 2. The second kappa shape index (κ2) is 7.21. The van der Waals surface area contributed by atoms with Crippen LogP contribution in [0, 0.1) is 0 Å². The zero-order chi connectivity index (χ0) is 16.1. The molecule has 1 rings (SSSR count). The number of benzene rings is 1. The molecular weight excluding hydrogens is 309 g/mol. The number of halogens is 3. The fraction of sp³-hybridized carbons (Fsp3) is 0.500. The van der Waals surface area contributed by atoms with Crippen LogP contribution in [-0.2, 0) is 16.2 Å². The highest BCUT2D eigenvalue weighted by atomic mass is 32.2. The van der Waals surface area contributed by atoms with Gasteiger partial charge in [-0.15, -0.1) is 0 Å². The molecule has 0 fully saturated rings. The molecule has 0 aliphatic rings. The van der Waals surface area contributed by atoms with E-state index in [4.69, 9.17) is 0 Å². The van der Waals surface area contributed by atoms with Crippen molar-refractivity contribution in [2.45, 2.75) is 12.3 Å². The van der Waals surface area contributed by atoms with Gasteiger partial charge in [-0.05, 0) is 17.7 Å². The van der Waals surface area contributed by atoms with E-state index in [1.807, 2.05) is 0 Å². The van der Waals surface area contributed by atoms with E-state index in [-0.39, 0.29) is 13.1 Å². The van der Waals surface area contributed by atoms with Gasteiger partial charge in [0.15, 0.2) is 0 Å². The van der Waals surface area contributed by atoms with Crippen molar-refractivity contribution in [3.05, 3.63) is 35.4 Å². The summed E-state index contributed by atoms with van der Waals surface area (Å²) in [6.07, 6.45) is -4.34. The molecule has 0 amide bonds. The molecule has 1 unspecified atom stereocenters. The third-order valence-corrected chi connectivity index (χ3v) is 3.35. The first-order valence-electron chi connectivity index (χ1n) is 6.10. The Morgan fingerprint density at radius 2 is 1.76 bits per heavy atom. The summed E-state index contributed by atoms with van der Waals surface area (Å²) in [5.41, 5.74) is -0.421. The van der Waals surface area contributed by atoms with Gasteiger partial charge < -0.3 is 10.4 Å². The number of hydrogen-bond acceptors (Lipinski definition) is 4. The van der Waals surface area contributed by atoms with Crippen molar-refractivity contribution in [3.8, 4) is 0 Å². The van der Waals surface area contributed by atoms with Crippen LogP contribution in [0.15, 0.2) is 24.3 Å². The summed E-state index contributed by atoms with van der Waals surface area (Å²) in [6, 6.07) is 4.24. The lowest BCUT2D eigenvalue weighted by atomic mass is 10.1. The van der Waals surface area contributed by atoms with Gasteiger partial charge in [-0.1, -0.05) is 12.1 Å². The molecule has 9 heteroatoms. The molecule has 5 nitrogen and oxygen atoms in total. The van der Waals surface area contributed by atoms with Crippen LogP contribution in [0.3, 0.4) is 0 Å². The van der Waals surface area contributed by atoms with Crippen molar-refractivity contribution in [2.24, 2.45) is 0 Å². The minimum absolute atomic E-state index is 0.108. The highest BCUT2D eigenvalue weighted by Gasteiger charge is 2.30. The number of rotatable bonds is 7. The van der Waals surface area contributed by atoms with E-state index in [9.17, 15) is 26.7 Å². The van der Waals surface area contributed by atoms with Crippen LogP contribution in [0.1, 0.15) is 17.2 Å². The Morgan fingerprint density at radius 3 is 2.24 bits per heavy atom. The van der Waals surface area contributed by atoms with Gasteiger partial charge in [0.2, 0.25) is 10.0 Å². The number of hydrogen-bond donors (Lipinski definition) is 3. The minimum atomic E-state index is -4.40. The summed E-state index contributed by atoms with van der Waals surface area (Å²) >= 11 is 0. The summed E-state index contributed by atoms with van der Waals surface area (Å²) in [6.45, 7) is 0.570. The van der Waals surface area contributed by atoms with Crippen LogP contribution < -0.4 is 10.0 Å². The maximum atomic E-state index is 12.4. The second-order valence-electron chi connectivity index (χ2n) is 4.51. The fourth-order valence-electron chi connectivity index (χ4n) is 1.58. The van der Waals surface area contributed by atoms with Gasteiger partial charge in [0.05, 0.1) is 17.9 Å². The van der Waals surface area contributed by atoms with Gasteiger partial charge in [-0.25, -0.2) is 13.1 Å². The largest absolute Gasteiger partial charge is 0.416 e. The third-order valence-electron chi connectivity index (χ3n) is 2.63. The summed E-state index contributed by atoms with van der Waals surface area (Å²) in [7, 11) is -3.25. The van der Waals surface area contributed by atoms with Gasteiger partial charge in [0.1, 0.15) is 0 Å². The lowest BCUT2D eigenvalue weighted by molar-refractivity contribution is -0.137. The quantitative estimate of drug-likeness (QED) is 0.650. The first-order chi connectivity index (χ1) is 9.59. The average Bonchev–Trinajstić information content (AvgIpc) is 2.36. The standard InChI is InChI=1S/C12H17F3N2O3S/c1-21(19,20)17-7-6-16-8-11(18)9-2-4-10(5-3-9)12(13,14)15/h2-5,11,16-18H,6-8H2,1H3. The summed E-state index contributed by atoms with van der Waals surface area (Å²) < 4.78 is 60.9. The number of aliphatic hydroxyl groups excluding tert-OH is 1. The Morgan fingerprint density at radius 1 is 1.19 bits per heavy atom. The summed E-state index contributed by atoms with van der Waals surface area (Å²) in [4.78, 5) is 0. The monoisotopic (exact) mass is 326 g/mol. The van der Waals surface area contributed by atoms with Crippen molar-refractivity contribution in [3.63, 3.8) is 0 Å². The van der Waals surface area contributed by atoms with Gasteiger partial charge in [0, 0.05) is 19.6 Å². The third kappa shape index (κ3) is 6.89. The molecule has 0 bridgehead atoms. The Bertz CT molecular complexity index is 544.